The molecule has 0 aromatic carbocycles. The molecule has 0 unspecified atom stereocenters. The van der Waals surface area contributed by atoms with Gasteiger partial charge in [-0.2, -0.15) is 0 Å². The molecule has 1 saturated heterocycles. The summed E-state index contributed by atoms with van der Waals surface area (Å²) in [4.78, 5) is 9.61. The van der Waals surface area contributed by atoms with Gasteiger partial charge in [0.05, 0.1) is 12.7 Å². The van der Waals surface area contributed by atoms with E-state index in [9.17, 15) is 0 Å². The molecule has 0 saturated carbocycles. The summed E-state index contributed by atoms with van der Waals surface area (Å²) in [5.41, 5.74) is 1.20. The molecule has 0 N–H and O–H groups in total. The van der Waals surface area contributed by atoms with Crippen molar-refractivity contribution in [2.24, 2.45) is 0 Å². The Morgan fingerprint density at radius 2 is 1.91 bits per heavy atom. The first-order valence-corrected chi connectivity index (χ1v) is 9.26. The minimum Gasteiger partial charge on any atom is -0.371 e. The maximum Gasteiger partial charge on any atom is 0.128 e. The Labute approximate surface area is 141 Å². The Bertz CT molecular complexity index is 442. The Hall–Kier alpha value is -1.13. The number of hydrogen-bond acceptors (Lipinski definition) is 4. The van der Waals surface area contributed by atoms with Crippen LogP contribution in [0.5, 0.6) is 0 Å². The number of ether oxygens (including phenoxy) is 1. The van der Waals surface area contributed by atoms with Crippen LogP contribution in [0.25, 0.3) is 0 Å². The number of aromatic nitrogens is 1. The van der Waals surface area contributed by atoms with Gasteiger partial charge >= 0.3 is 0 Å². The lowest BCUT2D eigenvalue weighted by atomic mass is 10.1. The van der Waals surface area contributed by atoms with Gasteiger partial charge in [0.15, 0.2) is 0 Å². The number of anilines is 1. The summed E-state index contributed by atoms with van der Waals surface area (Å²) in [5.74, 6) is 1.09. The van der Waals surface area contributed by atoms with E-state index < -0.39 is 0 Å². The first-order valence-electron chi connectivity index (χ1n) is 9.26. The van der Waals surface area contributed by atoms with Gasteiger partial charge < -0.3 is 9.64 Å². The molecule has 4 heteroatoms. The quantitative estimate of drug-likeness (QED) is 0.727. The van der Waals surface area contributed by atoms with Crippen LogP contribution < -0.4 is 4.90 Å². The minimum atomic E-state index is 0.158. The van der Waals surface area contributed by atoms with Crippen molar-refractivity contribution < 1.29 is 4.74 Å². The SMILES string of the molecule is CCCN(CCC)c1ccc([C@@H]2CN(CCC)[C@@H](C)CO2)cn1. The van der Waals surface area contributed by atoms with E-state index in [2.05, 4.69) is 49.6 Å². The fourth-order valence-electron chi connectivity index (χ4n) is 3.26. The highest BCUT2D eigenvalue weighted by molar-refractivity contribution is 5.39. The molecule has 4 nitrogen and oxygen atoms in total. The molecule has 1 aromatic rings. The van der Waals surface area contributed by atoms with E-state index in [4.69, 9.17) is 9.72 Å². The average Bonchev–Trinajstić information content (AvgIpc) is 2.57. The minimum absolute atomic E-state index is 0.158. The van der Waals surface area contributed by atoms with Gasteiger partial charge in [0.1, 0.15) is 5.82 Å². The second kappa shape index (κ2) is 9.24. The smallest absolute Gasteiger partial charge is 0.128 e. The van der Waals surface area contributed by atoms with Crippen LogP contribution in [0.2, 0.25) is 0 Å². The van der Waals surface area contributed by atoms with Crippen molar-refractivity contribution in [1.82, 2.24) is 9.88 Å². The van der Waals surface area contributed by atoms with Crippen LogP contribution >= 0.6 is 0 Å². The molecule has 0 radical (unpaired) electrons. The Kier molecular flexibility index (Phi) is 7.31. The molecule has 23 heavy (non-hydrogen) atoms. The summed E-state index contributed by atoms with van der Waals surface area (Å²) in [5, 5.41) is 0. The third-order valence-corrected chi connectivity index (χ3v) is 4.53. The van der Waals surface area contributed by atoms with Gasteiger partial charge in [-0.3, -0.25) is 4.90 Å². The molecule has 1 fully saturated rings. The Morgan fingerprint density at radius 3 is 2.48 bits per heavy atom. The van der Waals surface area contributed by atoms with Crippen molar-refractivity contribution >= 4 is 5.82 Å². The second-order valence-corrected chi connectivity index (χ2v) is 6.60. The van der Waals surface area contributed by atoms with E-state index >= 15 is 0 Å². The molecule has 1 aliphatic rings. The Morgan fingerprint density at radius 1 is 1.17 bits per heavy atom. The molecule has 0 bridgehead atoms. The normalized spacial score (nSPS) is 22.3. The first-order chi connectivity index (χ1) is 11.2. The number of nitrogens with zero attached hydrogens (tertiary/aromatic N) is 3. The second-order valence-electron chi connectivity index (χ2n) is 6.60. The van der Waals surface area contributed by atoms with E-state index in [-0.39, 0.29) is 6.10 Å². The van der Waals surface area contributed by atoms with Gasteiger partial charge in [-0.15, -0.1) is 0 Å². The molecule has 2 atom stereocenters. The maximum absolute atomic E-state index is 6.05. The molecule has 0 spiro atoms. The molecule has 130 valence electrons. The van der Waals surface area contributed by atoms with E-state index in [1.165, 1.54) is 12.0 Å². The van der Waals surface area contributed by atoms with Gasteiger partial charge in [-0.05, 0) is 38.8 Å². The zero-order valence-electron chi connectivity index (χ0n) is 15.3. The largest absolute Gasteiger partial charge is 0.371 e. The lowest BCUT2D eigenvalue weighted by Gasteiger charge is -2.38. The van der Waals surface area contributed by atoms with Crippen LogP contribution in [0.15, 0.2) is 18.3 Å². The fourth-order valence-corrected chi connectivity index (χ4v) is 3.26. The summed E-state index contributed by atoms with van der Waals surface area (Å²) in [6.45, 7) is 14.0. The van der Waals surface area contributed by atoms with Crippen molar-refractivity contribution in [3.05, 3.63) is 23.9 Å². The zero-order chi connectivity index (χ0) is 16.7. The van der Waals surface area contributed by atoms with Gasteiger partial charge in [-0.25, -0.2) is 4.98 Å². The van der Waals surface area contributed by atoms with E-state index in [1.54, 1.807) is 0 Å². The highest BCUT2D eigenvalue weighted by Crippen LogP contribution is 2.25. The monoisotopic (exact) mass is 319 g/mol. The van der Waals surface area contributed by atoms with Crippen molar-refractivity contribution in [2.45, 2.75) is 59.1 Å². The van der Waals surface area contributed by atoms with Crippen LogP contribution in [0.3, 0.4) is 0 Å². The van der Waals surface area contributed by atoms with E-state index in [0.717, 1.165) is 51.4 Å². The van der Waals surface area contributed by atoms with E-state index in [0.29, 0.717) is 6.04 Å². The summed E-state index contributed by atoms with van der Waals surface area (Å²) < 4.78 is 6.05. The van der Waals surface area contributed by atoms with Gasteiger partial charge in [0.2, 0.25) is 0 Å². The number of pyridine rings is 1. The van der Waals surface area contributed by atoms with Crippen LogP contribution in [0, 0.1) is 0 Å². The number of morpholine rings is 1. The van der Waals surface area contributed by atoms with Gasteiger partial charge in [0.25, 0.3) is 0 Å². The maximum atomic E-state index is 6.05. The fraction of sp³-hybridized carbons (Fsp3) is 0.737. The van der Waals surface area contributed by atoms with Crippen molar-refractivity contribution in [1.29, 1.82) is 0 Å². The molecule has 0 aliphatic carbocycles. The zero-order valence-corrected chi connectivity index (χ0v) is 15.3. The van der Waals surface area contributed by atoms with Crippen LogP contribution in [-0.2, 0) is 4.74 Å². The summed E-state index contributed by atoms with van der Waals surface area (Å²) in [6.07, 6.45) is 5.67. The highest BCUT2D eigenvalue weighted by Gasteiger charge is 2.26. The predicted octanol–water partition coefficient (Wildman–Crippen LogP) is 3.88. The molecule has 2 heterocycles. The lowest BCUT2D eigenvalue weighted by Crippen LogP contribution is -2.45. The van der Waals surface area contributed by atoms with Crippen LogP contribution in [0.1, 0.15) is 58.6 Å². The first kappa shape index (κ1) is 18.2. The molecule has 1 aliphatic heterocycles. The molecular formula is C19H33N3O. The highest BCUT2D eigenvalue weighted by atomic mass is 16.5. The topological polar surface area (TPSA) is 28.6 Å². The summed E-state index contributed by atoms with van der Waals surface area (Å²) in [6, 6.07) is 4.88. The third kappa shape index (κ3) is 4.92. The van der Waals surface area contributed by atoms with Crippen LogP contribution in [-0.4, -0.2) is 48.7 Å². The molecule has 2 rings (SSSR count). The number of hydrogen-bond donors (Lipinski definition) is 0. The number of rotatable bonds is 8. The van der Waals surface area contributed by atoms with Crippen molar-refractivity contribution in [3.8, 4) is 0 Å². The van der Waals surface area contributed by atoms with E-state index in [1.807, 2.05) is 6.20 Å². The van der Waals surface area contributed by atoms with Crippen molar-refractivity contribution in [2.75, 3.05) is 37.7 Å². The van der Waals surface area contributed by atoms with Crippen molar-refractivity contribution in [3.63, 3.8) is 0 Å². The predicted molar refractivity (Wildman–Crippen MR) is 97.1 cm³/mol. The van der Waals surface area contributed by atoms with Crippen LogP contribution in [0.4, 0.5) is 5.82 Å². The standard InChI is InChI=1S/C19H33N3O/c1-5-10-21(11-6-2)19-9-8-17(13-20-19)18-14-22(12-7-3)16(4)15-23-18/h8-9,13,16,18H,5-7,10-12,14-15H2,1-4H3/t16-,18-/m0/s1. The molecule has 0 amide bonds. The third-order valence-electron chi connectivity index (χ3n) is 4.53. The lowest BCUT2D eigenvalue weighted by molar-refractivity contribution is -0.0599. The molecular weight excluding hydrogens is 286 g/mol. The van der Waals surface area contributed by atoms with Gasteiger partial charge in [0, 0.05) is 37.4 Å². The molecule has 1 aromatic heterocycles. The average molecular weight is 319 g/mol. The summed E-state index contributed by atoms with van der Waals surface area (Å²) >= 11 is 0. The van der Waals surface area contributed by atoms with Gasteiger partial charge in [-0.1, -0.05) is 26.8 Å². The summed E-state index contributed by atoms with van der Waals surface area (Å²) in [7, 11) is 0. The Balaban J connectivity index is 2.03.